The minimum Gasteiger partial charge on any atom is -0.481 e. The number of carbonyl (C=O) groups excluding carboxylic acids is 2. The van der Waals surface area contributed by atoms with E-state index in [9.17, 15) is 14.4 Å². The average molecular weight is 449 g/mol. The van der Waals surface area contributed by atoms with Gasteiger partial charge >= 0.3 is 12.1 Å². The summed E-state index contributed by atoms with van der Waals surface area (Å²) in [7, 11) is 0. The molecule has 0 aliphatic heterocycles. The van der Waals surface area contributed by atoms with E-state index in [0.717, 1.165) is 17.5 Å². The second kappa shape index (κ2) is 8.21. The summed E-state index contributed by atoms with van der Waals surface area (Å²) < 4.78 is 5.59. The molecule has 0 atom stereocenters. The predicted octanol–water partition coefficient (Wildman–Crippen LogP) is 3.82. The molecule has 0 aromatic heterocycles. The van der Waals surface area contributed by atoms with Gasteiger partial charge in [0.2, 0.25) is 5.91 Å². The van der Waals surface area contributed by atoms with Gasteiger partial charge in [0, 0.05) is 12.5 Å². The van der Waals surface area contributed by atoms with E-state index < -0.39 is 23.0 Å². The Morgan fingerprint density at radius 2 is 1.55 bits per heavy atom. The Balaban J connectivity index is 1.18. The first kappa shape index (κ1) is 21.5. The molecule has 2 aromatic rings. The summed E-state index contributed by atoms with van der Waals surface area (Å²) in [5.41, 5.74) is 3.34. The van der Waals surface area contributed by atoms with Gasteiger partial charge in [-0.2, -0.15) is 0 Å². The molecule has 7 heteroatoms. The van der Waals surface area contributed by atoms with Gasteiger partial charge in [0.25, 0.3) is 0 Å². The zero-order chi connectivity index (χ0) is 23.1. The van der Waals surface area contributed by atoms with Crippen molar-refractivity contribution in [3.63, 3.8) is 0 Å². The second-order valence-electron chi connectivity index (χ2n) is 9.62. The molecular weight excluding hydrogens is 420 g/mol. The van der Waals surface area contributed by atoms with Gasteiger partial charge in [0.15, 0.2) is 0 Å². The predicted molar refractivity (Wildman–Crippen MR) is 122 cm³/mol. The highest BCUT2D eigenvalue weighted by atomic mass is 16.5. The summed E-state index contributed by atoms with van der Waals surface area (Å²) in [6.07, 6.45) is 3.02. The highest BCUT2D eigenvalue weighted by molar-refractivity contribution is 5.86. The topological polar surface area (TPSA) is 105 Å². The standard InChI is InChI=1S/C26H28N2O5/c29-22(30)14-26(12-13-26)28-23(31)25(10-5-11-25)16-27-24(32)33-15-21-19-8-3-1-6-17(19)18-7-2-4-9-20(18)21/h1-4,6-9,21H,5,10-16H2,(H,27,32)(H,28,31)(H,29,30). The largest absolute Gasteiger partial charge is 0.481 e. The monoisotopic (exact) mass is 448 g/mol. The molecule has 0 spiro atoms. The second-order valence-corrected chi connectivity index (χ2v) is 9.62. The lowest BCUT2D eigenvalue weighted by Crippen LogP contribution is -2.55. The molecule has 0 saturated heterocycles. The fourth-order valence-corrected chi connectivity index (χ4v) is 5.14. The van der Waals surface area contributed by atoms with Crippen molar-refractivity contribution in [2.45, 2.75) is 50.0 Å². The number of alkyl carbamates (subject to hydrolysis) is 1. The van der Waals surface area contributed by atoms with E-state index in [4.69, 9.17) is 9.84 Å². The van der Waals surface area contributed by atoms with Crippen LogP contribution >= 0.6 is 0 Å². The zero-order valence-electron chi connectivity index (χ0n) is 18.4. The minimum atomic E-state index is -0.910. The third-order valence-electron chi connectivity index (χ3n) is 7.43. The van der Waals surface area contributed by atoms with Gasteiger partial charge in [-0.1, -0.05) is 55.0 Å². The summed E-state index contributed by atoms with van der Waals surface area (Å²) in [5.74, 6) is -1.09. The van der Waals surface area contributed by atoms with E-state index in [-0.39, 0.29) is 31.4 Å². The number of hydrogen-bond acceptors (Lipinski definition) is 4. The molecule has 2 saturated carbocycles. The maximum Gasteiger partial charge on any atom is 0.407 e. The van der Waals surface area contributed by atoms with Crippen molar-refractivity contribution in [3.05, 3.63) is 59.7 Å². The van der Waals surface area contributed by atoms with E-state index in [1.54, 1.807) is 0 Å². The first-order chi connectivity index (χ1) is 15.9. The molecule has 5 rings (SSSR count). The molecule has 0 bridgehead atoms. The highest BCUT2D eigenvalue weighted by Crippen LogP contribution is 2.46. The van der Waals surface area contributed by atoms with Gasteiger partial charge in [-0.3, -0.25) is 9.59 Å². The van der Waals surface area contributed by atoms with Crippen LogP contribution in [0.1, 0.15) is 55.6 Å². The van der Waals surface area contributed by atoms with Crippen molar-refractivity contribution in [2.24, 2.45) is 5.41 Å². The average Bonchev–Trinajstić information content (AvgIpc) is 3.43. The maximum atomic E-state index is 12.9. The third-order valence-corrected chi connectivity index (χ3v) is 7.43. The minimum absolute atomic E-state index is 0.0187. The van der Waals surface area contributed by atoms with Crippen LogP contribution in [0.5, 0.6) is 0 Å². The zero-order valence-corrected chi connectivity index (χ0v) is 18.4. The Bertz CT molecular complexity index is 1060. The third kappa shape index (κ3) is 4.08. The fourth-order valence-electron chi connectivity index (χ4n) is 5.14. The number of aliphatic carboxylic acids is 1. The molecule has 0 unspecified atom stereocenters. The molecule has 7 nitrogen and oxygen atoms in total. The lowest BCUT2D eigenvalue weighted by Gasteiger charge is -2.41. The van der Waals surface area contributed by atoms with Crippen LogP contribution in [0.3, 0.4) is 0 Å². The van der Waals surface area contributed by atoms with Crippen LogP contribution in [0.4, 0.5) is 4.79 Å². The molecule has 172 valence electrons. The van der Waals surface area contributed by atoms with Crippen molar-refractivity contribution in [1.82, 2.24) is 10.6 Å². The summed E-state index contributed by atoms with van der Waals surface area (Å²) in [6, 6.07) is 16.3. The van der Waals surface area contributed by atoms with Crippen LogP contribution in [-0.4, -0.2) is 41.8 Å². The molecule has 3 aliphatic carbocycles. The lowest BCUT2D eigenvalue weighted by molar-refractivity contribution is -0.139. The summed E-state index contributed by atoms with van der Waals surface area (Å²) in [6.45, 7) is 0.416. The maximum absolute atomic E-state index is 12.9. The molecule has 3 N–H and O–H groups in total. The quantitative estimate of drug-likeness (QED) is 0.570. The number of carboxylic acid groups (broad SMARTS) is 1. The number of amides is 2. The molecule has 2 aromatic carbocycles. The number of benzene rings is 2. The van der Waals surface area contributed by atoms with Crippen molar-refractivity contribution < 1.29 is 24.2 Å². The molecule has 0 radical (unpaired) electrons. The molecular formula is C26H28N2O5. The van der Waals surface area contributed by atoms with Crippen molar-refractivity contribution in [3.8, 4) is 11.1 Å². The molecule has 33 heavy (non-hydrogen) atoms. The number of carbonyl (C=O) groups is 3. The van der Waals surface area contributed by atoms with E-state index >= 15 is 0 Å². The summed E-state index contributed by atoms with van der Waals surface area (Å²) in [4.78, 5) is 36.6. The SMILES string of the molecule is O=C(O)CC1(NC(=O)C2(CNC(=O)OCC3c4ccccc4-c4ccccc43)CCC2)CC1. The van der Waals surface area contributed by atoms with Crippen molar-refractivity contribution >= 4 is 18.0 Å². The Morgan fingerprint density at radius 1 is 0.939 bits per heavy atom. The molecule has 2 amide bonds. The van der Waals surface area contributed by atoms with Crippen LogP contribution in [0.2, 0.25) is 0 Å². The highest BCUT2D eigenvalue weighted by Gasteiger charge is 2.51. The summed E-state index contributed by atoms with van der Waals surface area (Å²) in [5, 5.41) is 14.8. The van der Waals surface area contributed by atoms with Gasteiger partial charge in [-0.05, 0) is 47.9 Å². The Morgan fingerprint density at radius 3 is 2.06 bits per heavy atom. The van der Waals surface area contributed by atoms with E-state index in [1.807, 2.05) is 24.3 Å². The number of rotatable bonds is 8. The summed E-state index contributed by atoms with van der Waals surface area (Å²) >= 11 is 0. The van der Waals surface area contributed by atoms with E-state index in [1.165, 1.54) is 11.1 Å². The van der Waals surface area contributed by atoms with E-state index in [0.29, 0.717) is 25.7 Å². The first-order valence-electron chi connectivity index (χ1n) is 11.5. The number of carboxylic acids is 1. The number of ether oxygens (including phenoxy) is 1. The van der Waals surface area contributed by atoms with Crippen LogP contribution in [0, 0.1) is 5.41 Å². The molecule has 2 fully saturated rings. The Labute approximate surface area is 192 Å². The Kier molecular flexibility index (Phi) is 5.35. The van der Waals surface area contributed by atoms with E-state index in [2.05, 4.69) is 34.9 Å². The van der Waals surface area contributed by atoms with Crippen LogP contribution < -0.4 is 10.6 Å². The van der Waals surface area contributed by atoms with Gasteiger partial charge < -0.3 is 20.5 Å². The molecule has 0 heterocycles. The fraction of sp³-hybridized carbons (Fsp3) is 0.423. The van der Waals surface area contributed by atoms with Gasteiger partial charge in [0.1, 0.15) is 6.61 Å². The van der Waals surface area contributed by atoms with Crippen molar-refractivity contribution in [1.29, 1.82) is 0 Å². The smallest absolute Gasteiger partial charge is 0.407 e. The van der Waals surface area contributed by atoms with Crippen molar-refractivity contribution in [2.75, 3.05) is 13.2 Å². The van der Waals surface area contributed by atoms with Crippen LogP contribution in [-0.2, 0) is 14.3 Å². The number of fused-ring (bicyclic) bond motifs is 3. The van der Waals surface area contributed by atoms with Crippen LogP contribution in [0.25, 0.3) is 11.1 Å². The van der Waals surface area contributed by atoms with Crippen LogP contribution in [0.15, 0.2) is 48.5 Å². The normalized spacial score (nSPS) is 18.9. The first-order valence-corrected chi connectivity index (χ1v) is 11.5. The van der Waals surface area contributed by atoms with Gasteiger partial charge in [-0.25, -0.2) is 4.79 Å². The Hall–Kier alpha value is -3.35. The number of nitrogens with one attached hydrogen (secondary N) is 2. The lowest BCUT2D eigenvalue weighted by atomic mass is 9.67. The van der Waals surface area contributed by atoms with Gasteiger partial charge in [0.05, 0.1) is 17.4 Å². The van der Waals surface area contributed by atoms with Gasteiger partial charge in [-0.15, -0.1) is 0 Å². The number of hydrogen-bond donors (Lipinski definition) is 3. The molecule has 3 aliphatic rings.